The van der Waals surface area contributed by atoms with Crippen molar-refractivity contribution in [3.63, 3.8) is 0 Å². The van der Waals surface area contributed by atoms with E-state index in [1.54, 1.807) is 0 Å². The number of benzene rings is 3. The van der Waals surface area contributed by atoms with Crippen LogP contribution in [0.4, 0.5) is 0 Å². The first-order chi connectivity index (χ1) is 21.4. The molecule has 0 aliphatic rings. The van der Waals surface area contributed by atoms with Crippen molar-refractivity contribution in [1.29, 1.82) is 0 Å². The number of hydrogen-bond acceptors (Lipinski definition) is 8. The molecule has 3 aromatic carbocycles. The molecule has 0 aliphatic heterocycles. The molecule has 0 fully saturated rings. The molecule has 232 valence electrons. The second-order valence-electron chi connectivity index (χ2n) is 9.26. The average molecular weight is 594 g/mol. The normalized spacial score (nSPS) is 11.3. The van der Waals surface area contributed by atoms with Gasteiger partial charge < -0.3 is 33.2 Å². The van der Waals surface area contributed by atoms with Crippen LogP contribution in [0.15, 0.2) is 96.1 Å². The third-order valence-electron chi connectivity index (χ3n) is 6.35. The summed E-state index contributed by atoms with van der Waals surface area (Å²) in [6, 6.07) is 30.9. The standard InChI is InChI=1S/C33H43N3O7/c34-36-35-16-17-37-18-19-38-20-21-39-22-23-40-24-25-41-26-27-42-28-29-43-33(30-10-4-1-5-11-30,31-12-6-2-7-13-31)32-14-8-3-9-15-32/h1-15H,16-29H2. The van der Waals surface area contributed by atoms with Crippen LogP contribution in [0, 0.1) is 0 Å². The summed E-state index contributed by atoms with van der Waals surface area (Å²) >= 11 is 0. The van der Waals surface area contributed by atoms with Gasteiger partial charge in [0.25, 0.3) is 0 Å². The molecule has 0 spiro atoms. The van der Waals surface area contributed by atoms with E-state index in [0.717, 1.165) is 16.7 Å². The van der Waals surface area contributed by atoms with Crippen LogP contribution in [0.25, 0.3) is 10.4 Å². The minimum absolute atomic E-state index is 0.328. The van der Waals surface area contributed by atoms with Gasteiger partial charge in [-0.05, 0) is 22.2 Å². The van der Waals surface area contributed by atoms with Gasteiger partial charge in [0.1, 0.15) is 5.60 Å². The molecule has 0 radical (unpaired) electrons. The molecule has 0 aliphatic carbocycles. The third kappa shape index (κ3) is 12.8. The van der Waals surface area contributed by atoms with Gasteiger partial charge in [-0.3, -0.25) is 0 Å². The predicted octanol–water partition coefficient (Wildman–Crippen LogP) is 5.41. The van der Waals surface area contributed by atoms with E-state index in [4.69, 9.17) is 38.7 Å². The van der Waals surface area contributed by atoms with E-state index < -0.39 is 5.60 Å². The average Bonchev–Trinajstić information content (AvgIpc) is 3.06. The highest BCUT2D eigenvalue weighted by Gasteiger charge is 2.37. The van der Waals surface area contributed by atoms with Crippen LogP contribution in [0.5, 0.6) is 0 Å². The van der Waals surface area contributed by atoms with Crippen LogP contribution in [0.2, 0.25) is 0 Å². The largest absolute Gasteiger partial charge is 0.379 e. The van der Waals surface area contributed by atoms with Gasteiger partial charge in [-0.15, -0.1) is 0 Å². The molecule has 0 unspecified atom stereocenters. The van der Waals surface area contributed by atoms with E-state index in [0.29, 0.717) is 92.4 Å². The van der Waals surface area contributed by atoms with Crippen molar-refractivity contribution >= 4 is 0 Å². The number of nitrogens with zero attached hydrogens (tertiary/aromatic N) is 3. The maximum absolute atomic E-state index is 8.16. The Bertz CT molecular complexity index is 1040. The zero-order chi connectivity index (χ0) is 30.1. The molecular weight excluding hydrogens is 550 g/mol. The van der Waals surface area contributed by atoms with Crippen LogP contribution in [-0.2, 0) is 38.8 Å². The first kappa shape index (κ1) is 34.2. The molecule has 10 heteroatoms. The van der Waals surface area contributed by atoms with E-state index in [2.05, 4.69) is 46.4 Å². The van der Waals surface area contributed by atoms with Gasteiger partial charge in [-0.1, -0.05) is 96.1 Å². The van der Waals surface area contributed by atoms with E-state index in [-0.39, 0.29) is 0 Å². The molecule has 0 heterocycles. The predicted molar refractivity (Wildman–Crippen MR) is 164 cm³/mol. The van der Waals surface area contributed by atoms with Crippen molar-refractivity contribution in [2.24, 2.45) is 5.11 Å². The maximum atomic E-state index is 8.16. The van der Waals surface area contributed by atoms with Gasteiger partial charge >= 0.3 is 0 Å². The molecule has 43 heavy (non-hydrogen) atoms. The molecular formula is C33H43N3O7. The molecule has 0 aromatic heterocycles. The molecule has 0 saturated carbocycles. The number of rotatable bonds is 25. The summed E-state index contributed by atoms with van der Waals surface area (Å²) in [5.74, 6) is 0. The molecule has 10 nitrogen and oxygen atoms in total. The Kier molecular flexibility index (Phi) is 17.7. The van der Waals surface area contributed by atoms with Gasteiger partial charge in [0, 0.05) is 11.5 Å². The fraction of sp³-hybridized carbons (Fsp3) is 0.455. The third-order valence-corrected chi connectivity index (χ3v) is 6.35. The zero-order valence-electron chi connectivity index (χ0n) is 24.8. The first-order valence-corrected chi connectivity index (χ1v) is 14.7. The Balaban J connectivity index is 1.24. The van der Waals surface area contributed by atoms with Gasteiger partial charge in [0.2, 0.25) is 0 Å². The van der Waals surface area contributed by atoms with Crippen LogP contribution >= 0.6 is 0 Å². The molecule has 0 saturated heterocycles. The minimum Gasteiger partial charge on any atom is -0.379 e. The molecule has 0 bridgehead atoms. The molecule has 0 atom stereocenters. The van der Waals surface area contributed by atoms with E-state index in [9.17, 15) is 0 Å². The lowest BCUT2D eigenvalue weighted by Gasteiger charge is -2.36. The van der Waals surface area contributed by atoms with E-state index in [1.807, 2.05) is 54.6 Å². The van der Waals surface area contributed by atoms with Crippen molar-refractivity contribution in [3.05, 3.63) is 118 Å². The summed E-state index contributed by atoms with van der Waals surface area (Å²) in [4.78, 5) is 2.66. The summed E-state index contributed by atoms with van der Waals surface area (Å²) in [6.07, 6.45) is 0. The topological polar surface area (TPSA) is 113 Å². The Morgan fingerprint density at radius 1 is 0.442 bits per heavy atom. The second-order valence-corrected chi connectivity index (χ2v) is 9.26. The van der Waals surface area contributed by atoms with Crippen molar-refractivity contribution < 1.29 is 33.2 Å². The molecule has 3 aromatic rings. The summed E-state index contributed by atoms with van der Waals surface area (Å²) in [7, 11) is 0. The molecule has 0 N–H and O–H groups in total. The fourth-order valence-corrected chi connectivity index (χ4v) is 4.37. The van der Waals surface area contributed by atoms with Gasteiger partial charge in [0.05, 0.1) is 85.9 Å². The SMILES string of the molecule is [N-]=[N+]=NCCOCCOCCOCCOCCOCCOCCOC(c1ccccc1)(c1ccccc1)c1ccccc1. The molecule has 3 rings (SSSR count). The van der Waals surface area contributed by atoms with Gasteiger partial charge in [-0.2, -0.15) is 0 Å². The highest BCUT2D eigenvalue weighted by molar-refractivity contribution is 5.47. The lowest BCUT2D eigenvalue weighted by molar-refractivity contribution is -0.0395. The second kappa shape index (κ2) is 22.3. The quantitative estimate of drug-likeness (QED) is 0.0425. The maximum Gasteiger partial charge on any atom is 0.143 e. The fourth-order valence-electron chi connectivity index (χ4n) is 4.37. The number of hydrogen-bond donors (Lipinski definition) is 0. The summed E-state index contributed by atoms with van der Waals surface area (Å²) in [5.41, 5.74) is 10.6. The Hall–Kier alpha value is -3.31. The van der Waals surface area contributed by atoms with Crippen LogP contribution in [0.1, 0.15) is 16.7 Å². The van der Waals surface area contributed by atoms with Crippen LogP contribution < -0.4 is 0 Å². The minimum atomic E-state index is -0.748. The number of ether oxygens (including phenoxy) is 7. The monoisotopic (exact) mass is 593 g/mol. The Labute approximate surface area is 254 Å². The zero-order valence-corrected chi connectivity index (χ0v) is 24.8. The lowest BCUT2D eigenvalue weighted by atomic mass is 9.80. The van der Waals surface area contributed by atoms with Crippen molar-refractivity contribution in [2.75, 3.05) is 92.4 Å². The Morgan fingerprint density at radius 2 is 0.744 bits per heavy atom. The summed E-state index contributed by atoms with van der Waals surface area (Å²) in [6.45, 7) is 6.40. The van der Waals surface area contributed by atoms with Crippen LogP contribution in [-0.4, -0.2) is 92.4 Å². The van der Waals surface area contributed by atoms with Gasteiger partial charge in [0.15, 0.2) is 0 Å². The summed E-state index contributed by atoms with van der Waals surface area (Å²) in [5, 5.41) is 3.39. The van der Waals surface area contributed by atoms with Crippen molar-refractivity contribution in [2.45, 2.75) is 5.60 Å². The van der Waals surface area contributed by atoms with Crippen molar-refractivity contribution in [1.82, 2.24) is 0 Å². The lowest BCUT2D eigenvalue weighted by Crippen LogP contribution is -2.34. The van der Waals surface area contributed by atoms with Gasteiger partial charge in [-0.25, -0.2) is 0 Å². The van der Waals surface area contributed by atoms with Crippen LogP contribution in [0.3, 0.4) is 0 Å². The van der Waals surface area contributed by atoms with E-state index >= 15 is 0 Å². The number of azide groups is 1. The smallest absolute Gasteiger partial charge is 0.143 e. The highest BCUT2D eigenvalue weighted by Crippen LogP contribution is 2.40. The Morgan fingerprint density at radius 3 is 1.07 bits per heavy atom. The summed E-state index contributed by atoms with van der Waals surface area (Å²) < 4.78 is 39.8. The van der Waals surface area contributed by atoms with Crippen molar-refractivity contribution in [3.8, 4) is 0 Å². The van der Waals surface area contributed by atoms with E-state index in [1.165, 1.54) is 0 Å². The first-order valence-electron chi connectivity index (χ1n) is 14.7. The highest BCUT2D eigenvalue weighted by atomic mass is 16.6. The molecule has 0 amide bonds.